The van der Waals surface area contributed by atoms with Gasteiger partial charge in [0.1, 0.15) is 0 Å². The number of aromatic nitrogens is 4. The number of alkyl halides is 3. The molecule has 0 radical (unpaired) electrons. The van der Waals surface area contributed by atoms with Gasteiger partial charge in [0.05, 0.1) is 22.0 Å². The molecule has 0 aliphatic heterocycles. The fourth-order valence-corrected chi connectivity index (χ4v) is 3.10. The molecule has 3 heterocycles. The SMILES string of the molecule is O=C(CSc1nnc2c(Cl)cc(C(F)(F)F)cn12)Nc1cccnc1Cl. The third-order valence-corrected chi connectivity index (χ3v) is 4.64. The van der Waals surface area contributed by atoms with E-state index in [0.717, 1.165) is 28.4 Å². The number of nitrogens with zero attached hydrogens (tertiary/aromatic N) is 4. The highest BCUT2D eigenvalue weighted by atomic mass is 35.5. The van der Waals surface area contributed by atoms with Gasteiger partial charge in [-0.2, -0.15) is 13.2 Å². The van der Waals surface area contributed by atoms with Gasteiger partial charge in [-0.1, -0.05) is 35.0 Å². The minimum Gasteiger partial charge on any atom is -0.323 e. The summed E-state index contributed by atoms with van der Waals surface area (Å²) in [6.07, 6.45) is -2.27. The Morgan fingerprint density at radius 2 is 2.08 bits per heavy atom. The molecule has 0 spiro atoms. The molecular weight excluding hydrogens is 414 g/mol. The maximum absolute atomic E-state index is 12.9. The standard InChI is InChI=1S/C14H8Cl2F3N5OS/c15-8-4-7(14(17,18)19)5-24-12(8)22-23-13(24)26-6-10(25)21-9-2-1-3-20-11(9)16/h1-5H,6H2,(H,21,25). The van der Waals surface area contributed by atoms with E-state index in [1.54, 1.807) is 12.1 Å². The van der Waals surface area contributed by atoms with E-state index in [1.165, 1.54) is 6.20 Å². The number of anilines is 1. The zero-order valence-electron chi connectivity index (χ0n) is 12.6. The first-order chi connectivity index (χ1) is 12.3. The molecule has 0 fully saturated rings. The van der Waals surface area contributed by atoms with Crippen LogP contribution in [0, 0.1) is 0 Å². The third-order valence-electron chi connectivity index (χ3n) is 3.12. The second kappa shape index (κ2) is 7.29. The highest BCUT2D eigenvalue weighted by molar-refractivity contribution is 7.99. The summed E-state index contributed by atoms with van der Waals surface area (Å²) in [4.78, 5) is 15.8. The molecule has 3 aromatic heterocycles. The van der Waals surface area contributed by atoms with Crippen molar-refractivity contribution in [2.75, 3.05) is 11.1 Å². The Labute approximate surface area is 158 Å². The van der Waals surface area contributed by atoms with E-state index in [9.17, 15) is 18.0 Å². The summed E-state index contributed by atoms with van der Waals surface area (Å²) in [5.41, 5.74) is -0.547. The van der Waals surface area contributed by atoms with Crippen LogP contribution >= 0.6 is 35.0 Å². The Kier molecular flexibility index (Phi) is 5.26. The Morgan fingerprint density at radius 1 is 1.31 bits per heavy atom. The van der Waals surface area contributed by atoms with Crippen LogP contribution in [0.1, 0.15) is 5.56 Å². The van der Waals surface area contributed by atoms with E-state index in [4.69, 9.17) is 23.2 Å². The van der Waals surface area contributed by atoms with Crippen molar-refractivity contribution in [2.24, 2.45) is 0 Å². The van der Waals surface area contributed by atoms with E-state index < -0.39 is 17.6 Å². The van der Waals surface area contributed by atoms with E-state index in [2.05, 4.69) is 20.5 Å². The predicted molar refractivity (Wildman–Crippen MR) is 91.6 cm³/mol. The number of hydrogen-bond acceptors (Lipinski definition) is 5. The van der Waals surface area contributed by atoms with E-state index in [-0.39, 0.29) is 26.7 Å². The average Bonchev–Trinajstić information content (AvgIpc) is 2.98. The van der Waals surface area contributed by atoms with E-state index >= 15 is 0 Å². The van der Waals surface area contributed by atoms with Crippen LogP contribution in [-0.4, -0.2) is 31.2 Å². The maximum Gasteiger partial charge on any atom is 0.417 e. The van der Waals surface area contributed by atoms with Crippen LogP contribution in [0.3, 0.4) is 0 Å². The summed E-state index contributed by atoms with van der Waals surface area (Å²) in [6, 6.07) is 3.94. The number of fused-ring (bicyclic) bond motifs is 1. The number of halogens is 5. The van der Waals surface area contributed by atoms with Crippen molar-refractivity contribution in [1.82, 2.24) is 19.6 Å². The fourth-order valence-electron chi connectivity index (χ4n) is 1.98. The second-order valence-electron chi connectivity index (χ2n) is 4.93. The van der Waals surface area contributed by atoms with Crippen LogP contribution in [0.5, 0.6) is 0 Å². The summed E-state index contributed by atoms with van der Waals surface area (Å²) < 4.78 is 39.9. The molecule has 6 nitrogen and oxygen atoms in total. The minimum absolute atomic E-state index is 0.0675. The summed E-state index contributed by atoms with van der Waals surface area (Å²) in [6.45, 7) is 0. The van der Waals surface area contributed by atoms with Crippen LogP contribution in [0.15, 0.2) is 35.7 Å². The topological polar surface area (TPSA) is 72.2 Å². The molecule has 136 valence electrons. The Balaban J connectivity index is 1.78. The molecule has 0 saturated carbocycles. The lowest BCUT2D eigenvalue weighted by atomic mass is 10.3. The van der Waals surface area contributed by atoms with Crippen molar-refractivity contribution in [3.05, 3.63) is 46.3 Å². The molecule has 1 amide bonds. The Hall–Kier alpha value is -2.04. The van der Waals surface area contributed by atoms with Gasteiger partial charge in [-0.3, -0.25) is 9.20 Å². The van der Waals surface area contributed by atoms with Gasteiger partial charge in [-0.05, 0) is 18.2 Å². The largest absolute Gasteiger partial charge is 0.417 e. The van der Waals surface area contributed by atoms with E-state index in [0.29, 0.717) is 5.69 Å². The third kappa shape index (κ3) is 4.02. The average molecular weight is 422 g/mol. The van der Waals surface area contributed by atoms with Crippen molar-refractivity contribution in [1.29, 1.82) is 0 Å². The van der Waals surface area contributed by atoms with Gasteiger partial charge in [0.15, 0.2) is 16.0 Å². The molecule has 0 aliphatic rings. The second-order valence-corrected chi connectivity index (χ2v) is 6.64. The molecule has 0 atom stereocenters. The molecule has 12 heteroatoms. The molecule has 26 heavy (non-hydrogen) atoms. The normalized spacial score (nSPS) is 11.7. The van der Waals surface area contributed by atoms with E-state index in [1.807, 2.05) is 0 Å². The number of thioether (sulfide) groups is 1. The Morgan fingerprint density at radius 3 is 2.77 bits per heavy atom. The molecule has 0 aliphatic carbocycles. The van der Waals surface area contributed by atoms with Gasteiger partial charge in [-0.15, -0.1) is 10.2 Å². The number of nitrogens with one attached hydrogen (secondary N) is 1. The number of carbonyl (C=O) groups excluding carboxylic acids is 1. The van der Waals surface area contributed by atoms with Crippen LogP contribution in [0.2, 0.25) is 10.2 Å². The summed E-state index contributed by atoms with van der Waals surface area (Å²) >= 11 is 12.6. The van der Waals surface area contributed by atoms with Gasteiger partial charge < -0.3 is 5.32 Å². The van der Waals surface area contributed by atoms with Crippen molar-refractivity contribution in [2.45, 2.75) is 11.3 Å². The van der Waals surface area contributed by atoms with Gasteiger partial charge in [0.2, 0.25) is 5.91 Å². The quantitative estimate of drug-likeness (QED) is 0.505. The van der Waals surface area contributed by atoms with Gasteiger partial charge in [0.25, 0.3) is 0 Å². The molecule has 0 saturated heterocycles. The van der Waals surface area contributed by atoms with Crippen molar-refractivity contribution >= 4 is 52.2 Å². The molecule has 3 rings (SSSR count). The summed E-state index contributed by atoms with van der Waals surface area (Å²) in [5.74, 6) is -0.556. The summed E-state index contributed by atoms with van der Waals surface area (Å²) in [7, 11) is 0. The number of carbonyl (C=O) groups is 1. The monoisotopic (exact) mass is 421 g/mol. The summed E-state index contributed by atoms with van der Waals surface area (Å²) in [5, 5.41) is 10.1. The van der Waals surface area contributed by atoms with Crippen LogP contribution in [-0.2, 0) is 11.0 Å². The van der Waals surface area contributed by atoms with Crippen LogP contribution in [0.4, 0.5) is 18.9 Å². The van der Waals surface area contributed by atoms with Crippen molar-refractivity contribution < 1.29 is 18.0 Å². The zero-order chi connectivity index (χ0) is 18.9. The van der Waals surface area contributed by atoms with Crippen molar-refractivity contribution in [3.63, 3.8) is 0 Å². The molecular formula is C14H8Cl2F3N5OS. The minimum atomic E-state index is -4.57. The first-order valence-electron chi connectivity index (χ1n) is 6.90. The van der Waals surface area contributed by atoms with Gasteiger partial charge >= 0.3 is 6.18 Å². The van der Waals surface area contributed by atoms with Crippen LogP contribution in [0.25, 0.3) is 5.65 Å². The molecule has 0 bridgehead atoms. The highest BCUT2D eigenvalue weighted by Gasteiger charge is 2.32. The fraction of sp³-hybridized carbons (Fsp3) is 0.143. The number of amides is 1. The van der Waals surface area contributed by atoms with Crippen molar-refractivity contribution in [3.8, 4) is 0 Å². The number of rotatable bonds is 4. The number of hydrogen-bond donors (Lipinski definition) is 1. The molecule has 0 unspecified atom stereocenters. The lowest BCUT2D eigenvalue weighted by molar-refractivity contribution is -0.137. The first-order valence-corrected chi connectivity index (χ1v) is 8.64. The lowest BCUT2D eigenvalue weighted by Crippen LogP contribution is -2.15. The van der Waals surface area contributed by atoms with Crippen LogP contribution < -0.4 is 5.32 Å². The highest BCUT2D eigenvalue weighted by Crippen LogP contribution is 2.33. The van der Waals surface area contributed by atoms with Gasteiger partial charge in [0, 0.05) is 12.4 Å². The maximum atomic E-state index is 12.9. The smallest absolute Gasteiger partial charge is 0.323 e. The Bertz CT molecular complexity index is 979. The zero-order valence-corrected chi connectivity index (χ0v) is 14.9. The first kappa shape index (κ1) is 18.7. The number of pyridine rings is 2. The predicted octanol–water partition coefficient (Wildman–Crippen LogP) is 4.18. The molecule has 1 N–H and O–H groups in total. The lowest BCUT2D eigenvalue weighted by Gasteiger charge is -2.09. The van der Waals surface area contributed by atoms with Gasteiger partial charge in [-0.25, -0.2) is 4.98 Å². The molecule has 0 aromatic carbocycles. The molecule has 3 aromatic rings.